The van der Waals surface area contributed by atoms with E-state index in [0.717, 1.165) is 5.69 Å². The Morgan fingerprint density at radius 2 is 2.11 bits per heavy atom. The van der Waals surface area contributed by atoms with Crippen molar-refractivity contribution in [1.29, 1.82) is 0 Å². The number of nitrogens with zero attached hydrogens (tertiary/aromatic N) is 4. The predicted octanol–water partition coefficient (Wildman–Crippen LogP) is 3.51. The van der Waals surface area contributed by atoms with Crippen LogP contribution in [0.4, 0.5) is 10.1 Å². The van der Waals surface area contributed by atoms with Crippen LogP contribution in [-0.4, -0.2) is 32.2 Å². The maximum atomic E-state index is 14.1. The van der Waals surface area contributed by atoms with Gasteiger partial charge in [0.2, 0.25) is 0 Å². The van der Waals surface area contributed by atoms with Crippen LogP contribution in [-0.2, 0) is 11.3 Å². The number of ether oxygens (including phenoxy) is 1. The molecular weight excluding hydrogens is 361 g/mol. The third-order valence-corrected chi connectivity index (χ3v) is 4.44. The van der Waals surface area contributed by atoms with Crippen molar-refractivity contribution in [2.75, 3.05) is 11.9 Å². The van der Waals surface area contributed by atoms with Crippen LogP contribution in [0.2, 0.25) is 0 Å². The SMILES string of the molecule is CCOC(=O)c1cnc2c(C)cc(F)cc2c1NCc1ccnc2ccnn12. The third-order valence-electron chi connectivity index (χ3n) is 4.44. The second-order valence-electron chi connectivity index (χ2n) is 6.28. The van der Waals surface area contributed by atoms with E-state index in [1.807, 2.05) is 6.07 Å². The first kappa shape index (κ1) is 17.8. The average molecular weight is 379 g/mol. The molecule has 0 aliphatic rings. The minimum Gasteiger partial charge on any atom is -0.462 e. The molecule has 142 valence electrons. The Kier molecular flexibility index (Phi) is 4.60. The topological polar surface area (TPSA) is 81.4 Å². The number of carbonyl (C=O) groups is 1. The molecule has 0 amide bonds. The van der Waals surface area contributed by atoms with Crippen LogP contribution >= 0.6 is 0 Å². The lowest BCUT2D eigenvalue weighted by Crippen LogP contribution is -2.13. The van der Waals surface area contributed by atoms with Gasteiger partial charge in [0.25, 0.3) is 0 Å². The van der Waals surface area contributed by atoms with E-state index in [-0.39, 0.29) is 12.2 Å². The van der Waals surface area contributed by atoms with Crippen LogP contribution in [0.5, 0.6) is 0 Å². The molecule has 0 saturated heterocycles. The molecule has 0 bridgehead atoms. The summed E-state index contributed by atoms with van der Waals surface area (Å²) in [5.74, 6) is -0.908. The number of anilines is 1. The van der Waals surface area contributed by atoms with E-state index >= 15 is 0 Å². The molecule has 3 heterocycles. The highest BCUT2D eigenvalue weighted by Gasteiger charge is 2.18. The lowest BCUT2D eigenvalue weighted by molar-refractivity contribution is 0.0527. The number of benzene rings is 1. The van der Waals surface area contributed by atoms with Crippen LogP contribution in [0.25, 0.3) is 16.6 Å². The van der Waals surface area contributed by atoms with Crippen molar-refractivity contribution in [2.24, 2.45) is 0 Å². The minimum atomic E-state index is -0.514. The largest absolute Gasteiger partial charge is 0.462 e. The van der Waals surface area contributed by atoms with Gasteiger partial charge in [-0.15, -0.1) is 0 Å². The fourth-order valence-electron chi connectivity index (χ4n) is 3.19. The number of nitrogens with one attached hydrogen (secondary N) is 1. The summed E-state index contributed by atoms with van der Waals surface area (Å²) in [6.45, 7) is 4.09. The van der Waals surface area contributed by atoms with Gasteiger partial charge in [-0.2, -0.15) is 5.10 Å². The number of esters is 1. The van der Waals surface area contributed by atoms with Crippen molar-refractivity contribution in [3.63, 3.8) is 0 Å². The van der Waals surface area contributed by atoms with Crippen LogP contribution in [0.3, 0.4) is 0 Å². The van der Waals surface area contributed by atoms with E-state index < -0.39 is 11.8 Å². The molecule has 28 heavy (non-hydrogen) atoms. The van der Waals surface area contributed by atoms with Crippen LogP contribution in [0, 0.1) is 12.7 Å². The molecule has 0 fully saturated rings. The number of aryl methyl sites for hydroxylation is 1. The molecule has 0 saturated carbocycles. The van der Waals surface area contributed by atoms with E-state index in [0.29, 0.717) is 34.3 Å². The highest BCUT2D eigenvalue weighted by atomic mass is 19.1. The maximum Gasteiger partial charge on any atom is 0.341 e. The number of hydrogen-bond donors (Lipinski definition) is 1. The van der Waals surface area contributed by atoms with Crippen molar-refractivity contribution in [3.8, 4) is 0 Å². The second-order valence-corrected chi connectivity index (χ2v) is 6.28. The zero-order valence-corrected chi connectivity index (χ0v) is 15.4. The number of halogens is 1. The smallest absolute Gasteiger partial charge is 0.341 e. The maximum absolute atomic E-state index is 14.1. The minimum absolute atomic E-state index is 0.233. The number of aromatic nitrogens is 4. The Labute approximate surface area is 160 Å². The van der Waals surface area contributed by atoms with Gasteiger partial charge in [-0.3, -0.25) is 4.98 Å². The molecule has 4 aromatic rings. The van der Waals surface area contributed by atoms with Crippen molar-refractivity contribution in [2.45, 2.75) is 20.4 Å². The second kappa shape index (κ2) is 7.22. The van der Waals surface area contributed by atoms with Gasteiger partial charge in [0.05, 0.1) is 36.2 Å². The molecule has 0 atom stereocenters. The Morgan fingerprint density at radius 3 is 2.93 bits per heavy atom. The fraction of sp³-hybridized carbons (Fsp3) is 0.200. The summed E-state index contributed by atoms with van der Waals surface area (Å²) in [5.41, 5.74) is 3.59. The first-order chi connectivity index (χ1) is 13.6. The molecule has 8 heteroatoms. The molecule has 0 spiro atoms. The number of rotatable bonds is 5. The van der Waals surface area contributed by atoms with Gasteiger partial charge in [0.1, 0.15) is 11.4 Å². The summed E-state index contributed by atoms with van der Waals surface area (Å²) in [7, 11) is 0. The molecule has 1 N–H and O–H groups in total. The normalized spacial score (nSPS) is 11.1. The van der Waals surface area contributed by atoms with Crippen molar-refractivity contribution in [1.82, 2.24) is 19.6 Å². The average Bonchev–Trinajstić information content (AvgIpc) is 3.15. The number of carbonyl (C=O) groups excluding carboxylic acids is 1. The lowest BCUT2D eigenvalue weighted by Gasteiger charge is -2.15. The molecule has 3 aromatic heterocycles. The molecule has 0 aliphatic heterocycles. The zero-order chi connectivity index (χ0) is 19.7. The molecule has 0 unspecified atom stereocenters. The van der Waals surface area contributed by atoms with Gasteiger partial charge in [-0.25, -0.2) is 18.7 Å². The molecular formula is C20H18FN5O2. The quantitative estimate of drug-likeness (QED) is 0.535. The number of fused-ring (bicyclic) bond motifs is 2. The summed E-state index contributed by atoms with van der Waals surface area (Å²) in [5, 5.41) is 8.03. The van der Waals surface area contributed by atoms with Crippen LogP contribution in [0.15, 0.2) is 42.9 Å². The van der Waals surface area contributed by atoms with E-state index in [1.54, 1.807) is 36.8 Å². The summed E-state index contributed by atoms with van der Waals surface area (Å²) in [4.78, 5) is 21.0. The summed E-state index contributed by atoms with van der Waals surface area (Å²) < 4.78 is 20.9. The number of pyridine rings is 1. The highest BCUT2D eigenvalue weighted by Crippen LogP contribution is 2.30. The standard InChI is InChI=1S/C20H18FN5O2/c1-3-28-20(27)16-11-24-18-12(2)8-13(21)9-15(18)19(16)23-10-14-4-6-22-17-5-7-25-26(14)17/h4-9,11H,3,10H2,1-2H3,(H,23,24). The zero-order valence-electron chi connectivity index (χ0n) is 15.4. The van der Waals surface area contributed by atoms with Crippen LogP contribution < -0.4 is 5.32 Å². The van der Waals surface area contributed by atoms with E-state index in [4.69, 9.17) is 4.74 Å². The van der Waals surface area contributed by atoms with Gasteiger partial charge >= 0.3 is 5.97 Å². The van der Waals surface area contributed by atoms with Gasteiger partial charge in [-0.1, -0.05) is 0 Å². The first-order valence-corrected chi connectivity index (χ1v) is 8.86. The van der Waals surface area contributed by atoms with E-state index in [9.17, 15) is 9.18 Å². The highest BCUT2D eigenvalue weighted by molar-refractivity contribution is 6.05. The van der Waals surface area contributed by atoms with E-state index in [1.165, 1.54) is 18.3 Å². The lowest BCUT2D eigenvalue weighted by atomic mass is 10.1. The third kappa shape index (κ3) is 3.13. The molecule has 7 nitrogen and oxygen atoms in total. The van der Waals surface area contributed by atoms with Crippen molar-refractivity contribution >= 4 is 28.2 Å². The fourth-order valence-corrected chi connectivity index (χ4v) is 3.19. The molecule has 1 aromatic carbocycles. The number of hydrogen-bond acceptors (Lipinski definition) is 6. The van der Waals surface area contributed by atoms with Crippen molar-refractivity contribution in [3.05, 3.63) is 65.5 Å². The first-order valence-electron chi connectivity index (χ1n) is 8.86. The van der Waals surface area contributed by atoms with Gasteiger partial charge in [0, 0.05) is 23.8 Å². The summed E-state index contributed by atoms with van der Waals surface area (Å²) >= 11 is 0. The van der Waals surface area contributed by atoms with Gasteiger partial charge < -0.3 is 10.1 Å². The summed E-state index contributed by atoms with van der Waals surface area (Å²) in [6, 6.07) is 6.41. The van der Waals surface area contributed by atoms with Crippen molar-refractivity contribution < 1.29 is 13.9 Å². The van der Waals surface area contributed by atoms with E-state index in [2.05, 4.69) is 20.4 Å². The Hall–Kier alpha value is -3.55. The summed E-state index contributed by atoms with van der Waals surface area (Å²) in [6.07, 6.45) is 4.81. The Morgan fingerprint density at radius 1 is 1.25 bits per heavy atom. The van der Waals surface area contributed by atoms with Gasteiger partial charge in [0.15, 0.2) is 5.65 Å². The molecule has 0 radical (unpaired) electrons. The Bertz CT molecular complexity index is 1190. The van der Waals surface area contributed by atoms with Crippen LogP contribution in [0.1, 0.15) is 28.5 Å². The molecule has 4 rings (SSSR count). The Balaban J connectivity index is 1.81. The predicted molar refractivity (Wildman–Crippen MR) is 103 cm³/mol. The monoisotopic (exact) mass is 379 g/mol. The van der Waals surface area contributed by atoms with Gasteiger partial charge in [-0.05, 0) is 37.6 Å². The molecule has 0 aliphatic carbocycles.